The molecule has 8 unspecified atom stereocenters. The summed E-state index contributed by atoms with van der Waals surface area (Å²) in [5.41, 5.74) is -1.57. The molecule has 2 spiro atoms. The Hall–Kier alpha value is -1.24. The van der Waals surface area contributed by atoms with Gasteiger partial charge in [-0.25, -0.2) is 0 Å². The summed E-state index contributed by atoms with van der Waals surface area (Å²) < 4.78 is 18.2. The van der Waals surface area contributed by atoms with Crippen molar-refractivity contribution in [3.63, 3.8) is 0 Å². The maximum absolute atomic E-state index is 13.3. The molecule has 0 aromatic carbocycles. The smallest absolute Gasteiger partial charge is 0.320 e. The number of allylic oxidation sites excluding steroid dienone is 1. The van der Waals surface area contributed by atoms with Crippen molar-refractivity contribution in [2.75, 3.05) is 13.2 Å². The summed E-state index contributed by atoms with van der Waals surface area (Å²) in [6.45, 7) is 11.2. The van der Waals surface area contributed by atoms with Crippen molar-refractivity contribution in [2.45, 2.75) is 65.0 Å². The van der Waals surface area contributed by atoms with Crippen LogP contribution in [0.5, 0.6) is 0 Å². The highest BCUT2D eigenvalue weighted by molar-refractivity contribution is 6.15. The van der Waals surface area contributed by atoms with Crippen LogP contribution in [-0.4, -0.2) is 48.6 Å². The molecule has 2 aliphatic heterocycles. The summed E-state index contributed by atoms with van der Waals surface area (Å²) >= 11 is 0. The van der Waals surface area contributed by atoms with Gasteiger partial charge in [0.15, 0.2) is 12.1 Å². The monoisotopic (exact) mass is 390 g/mol. The molecule has 5 aliphatic rings. The van der Waals surface area contributed by atoms with E-state index in [-0.39, 0.29) is 29.1 Å². The van der Waals surface area contributed by atoms with Crippen LogP contribution < -0.4 is 0 Å². The lowest BCUT2D eigenvalue weighted by molar-refractivity contribution is -0.253. The van der Waals surface area contributed by atoms with Crippen LogP contribution in [0.3, 0.4) is 0 Å². The molecule has 0 radical (unpaired) electrons. The Morgan fingerprint density at radius 2 is 2.04 bits per heavy atom. The van der Waals surface area contributed by atoms with E-state index in [4.69, 9.17) is 14.2 Å². The van der Waals surface area contributed by atoms with Crippen molar-refractivity contribution in [3.8, 4) is 0 Å². The topological polar surface area (TPSA) is 82.1 Å². The average Bonchev–Trinajstić information content (AvgIpc) is 3.10. The third kappa shape index (κ3) is 1.95. The van der Waals surface area contributed by atoms with E-state index in [9.17, 15) is 14.7 Å². The third-order valence-electron chi connectivity index (χ3n) is 8.56. The van der Waals surface area contributed by atoms with Crippen molar-refractivity contribution in [3.05, 3.63) is 12.2 Å². The van der Waals surface area contributed by atoms with Crippen LogP contribution >= 0.6 is 0 Å². The lowest BCUT2D eigenvalue weighted by atomic mass is 9.43. The molecule has 28 heavy (non-hydrogen) atoms. The summed E-state index contributed by atoms with van der Waals surface area (Å²) in [4.78, 5) is 26.6. The van der Waals surface area contributed by atoms with Gasteiger partial charge in [-0.2, -0.15) is 0 Å². The van der Waals surface area contributed by atoms with E-state index < -0.39 is 35.1 Å². The molecule has 5 rings (SSSR count). The number of aliphatic hydroxyl groups is 1. The first kappa shape index (κ1) is 18.8. The first-order valence-electron chi connectivity index (χ1n) is 10.6. The number of hydrogen-bond donors (Lipinski definition) is 1. The summed E-state index contributed by atoms with van der Waals surface area (Å²) in [6, 6.07) is 0. The molecule has 1 N–H and O–H groups in total. The zero-order valence-corrected chi connectivity index (χ0v) is 16.9. The van der Waals surface area contributed by atoms with E-state index in [2.05, 4.69) is 20.4 Å². The predicted octanol–water partition coefficient (Wildman–Crippen LogP) is 2.24. The standard InChI is InChI=1S/C22H30O6/c1-5-26-18-16-20(3,4)7-6-14-22(16,10-27-18)15-13(23)8-12-9-21(15,19(25)28-14)17(24)11(12)2/h12-16,18,23H,2,5-10H2,1,3-4H3. The number of carbonyl (C=O) groups is 2. The number of fused-ring (bicyclic) bond motifs is 1. The van der Waals surface area contributed by atoms with Gasteiger partial charge < -0.3 is 19.3 Å². The molecule has 3 saturated carbocycles. The Morgan fingerprint density at radius 1 is 1.29 bits per heavy atom. The van der Waals surface area contributed by atoms with E-state index in [1.54, 1.807) is 0 Å². The van der Waals surface area contributed by atoms with E-state index in [0.29, 0.717) is 31.6 Å². The first-order valence-corrected chi connectivity index (χ1v) is 10.6. The zero-order valence-electron chi connectivity index (χ0n) is 16.9. The SMILES string of the molecule is C=C1C(=O)C23CC1CC(O)C2C12COC(OCC)C1C(C)(C)CCC2OC3=O. The molecule has 154 valence electrons. The number of esters is 1. The number of aliphatic hydroxyl groups excluding tert-OH is 1. The fraction of sp³-hybridized carbons (Fsp3) is 0.818. The van der Waals surface area contributed by atoms with Crippen LogP contribution in [-0.2, 0) is 23.8 Å². The Morgan fingerprint density at radius 3 is 2.75 bits per heavy atom. The molecule has 2 bridgehead atoms. The Bertz CT molecular complexity index is 758. The van der Waals surface area contributed by atoms with Gasteiger partial charge in [0, 0.05) is 23.9 Å². The molecule has 5 fully saturated rings. The fourth-order valence-electron chi connectivity index (χ4n) is 7.62. The summed E-state index contributed by atoms with van der Waals surface area (Å²) in [7, 11) is 0. The second-order valence-corrected chi connectivity index (χ2v) is 10.2. The van der Waals surface area contributed by atoms with Gasteiger partial charge in [-0.05, 0) is 49.5 Å². The fourth-order valence-corrected chi connectivity index (χ4v) is 7.62. The van der Waals surface area contributed by atoms with Gasteiger partial charge in [0.2, 0.25) is 0 Å². The predicted molar refractivity (Wildman–Crippen MR) is 99.0 cm³/mol. The molecule has 0 amide bonds. The van der Waals surface area contributed by atoms with Gasteiger partial charge in [0.1, 0.15) is 11.5 Å². The minimum absolute atomic E-state index is 0.0541. The van der Waals surface area contributed by atoms with Crippen LogP contribution in [0.1, 0.15) is 46.5 Å². The Labute approximate surface area is 165 Å². The third-order valence-corrected chi connectivity index (χ3v) is 8.56. The van der Waals surface area contributed by atoms with E-state index in [1.165, 1.54) is 0 Å². The first-order chi connectivity index (χ1) is 13.2. The molecule has 3 aliphatic carbocycles. The second kappa shape index (κ2) is 5.67. The van der Waals surface area contributed by atoms with Crippen LogP contribution in [0.15, 0.2) is 12.2 Å². The molecule has 2 heterocycles. The molecule has 2 saturated heterocycles. The quantitative estimate of drug-likeness (QED) is 0.442. The van der Waals surface area contributed by atoms with Crippen molar-refractivity contribution in [1.82, 2.24) is 0 Å². The summed E-state index contributed by atoms with van der Waals surface area (Å²) in [5, 5.41) is 11.3. The highest BCUT2D eigenvalue weighted by Crippen LogP contribution is 2.71. The van der Waals surface area contributed by atoms with Crippen molar-refractivity contribution >= 4 is 11.8 Å². The maximum atomic E-state index is 13.3. The highest BCUT2D eigenvalue weighted by Gasteiger charge is 2.79. The minimum Gasteiger partial charge on any atom is -0.461 e. The number of ketones is 1. The maximum Gasteiger partial charge on any atom is 0.320 e. The summed E-state index contributed by atoms with van der Waals surface area (Å²) in [5.74, 6) is -1.39. The molecule has 8 atom stereocenters. The van der Waals surface area contributed by atoms with Crippen molar-refractivity contribution in [2.24, 2.45) is 34.0 Å². The number of rotatable bonds is 2. The van der Waals surface area contributed by atoms with Crippen LogP contribution in [0, 0.1) is 34.0 Å². The van der Waals surface area contributed by atoms with E-state index in [1.807, 2.05) is 6.92 Å². The van der Waals surface area contributed by atoms with Gasteiger partial charge in [-0.1, -0.05) is 20.4 Å². The molecule has 6 nitrogen and oxygen atoms in total. The van der Waals surface area contributed by atoms with Gasteiger partial charge >= 0.3 is 5.97 Å². The molecule has 0 aromatic heterocycles. The normalized spacial score (nSPS) is 51.4. The van der Waals surface area contributed by atoms with Crippen LogP contribution in [0.2, 0.25) is 0 Å². The van der Waals surface area contributed by atoms with Crippen molar-refractivity contribution < 1.29 is 28.9 Å². The second-order valence-electron chi connectivity index (χ2n) is 10.2. The number of carbonyl (C=O) groups excluding carboxylic acids is 2. The number of hydrogen-bond acceptors (Lipinski definition) is 6. The molecule has 0 aromatic rings. The highest BCUT2D eigenvalue weighted by atomic mass is 16.7. The van der Waals surface area contributed by atoms with Gasteiger partial charge in [0.25, 0.3) is 0 Å². The lowest BCUT2D eigenvalue weighted by Crippen LogP contribution is -2.70. The molecular weight excluding hydrogens is 360 g/mol. The Balaban J connectivity index is 1.71. The average molecular weight is 390 g/mol. The van der Waals surface area contributed by atoms with Crippen LogP contribution in [0.4, 0.5) is 0 Å². The molecular formula is C22H30O6. The summed E-state index contributed by atoms with van der Waals surface area (Å²) in [6.07, 6.45) is 0.960. The zero-order chi connectivity index (χ0) is 20.1. The van der Waals surface area contributed by atoms with Gasteiger partial charge in [-0.3, -0.25) is 9.59 Å². The number of ether oxygens (including phenoxy) is 3. The Kier molecular flexibility index (Phi) is 3.80. The van der Waals surface area contributed by atoms with Crippen LogP contribution in [0.25, 0.3) is 0 Å². The number of Topliss-reactive ketones (excluding diaryl/α,β-unsaturated/α-hetero) is 1. The minimum atomic E-state index is -1.31. The molecule has 6 heteroatoms. The largest absolute Gasteiger partial charge is 0.461 e. The van der Waals surface area contributed by atoms with E-state index >= 15 is 0 Å². The van der Waals surface area contributed by atoms with Crippen molar-refractivity contribution in [1.29, 1.82) is 0 Å². The van der Waals surface area contributed by atoms with Gasteiger partial charge in [0.05, 0.1) is 12.7 Å². The lowest BCUT2D eigenvalue weighted by Gasteiger charge is -2.62. The van der Waals surface area contributed by atoms with E-state index in [0.717, 1.165) is 12.8 Å². The van der Waals surface area contributed by atoms with Gasteiger partial charge in [-0.15, -0.1) is 0 Å².